The molecule has 1 amide bonds. The molecule has 0 aliphatic rings. The number of aromatic nitrogens is 1. The summed E-state index contributed by atoms with van der Waals surface area (Å²) < 4.78 is 8.06. The maximum Gasteiger partial charge on any atom is 0.339 e. The van der Waals surface area contributed by atoms with Gasteiger partial charge in [-0.25, -0.2) is 4.79 Å². The molecule has 9 heteroatoms. The van der Waals surface area contributed by atoms with Crippen molar-refractivity contribution in [3.63, 3.8) is 0 Å². The number of aryl methyl sites for hydroxylation is 1. The zero-order chi connectivity index (χ0) is 27.0. The number of benzene rings is 3. The number of carboxylic acids is 1. The minimum Gasteiger partial charge on any atom is -0.507 e. The lowest BCUT2D eigenvalue weighted by atomic mass is 10.0. The van der Waals surface area contributed by atoms with Gasteiger partial charge < -0.3 is 24.5 Å². The number of halogens is 1. The van der Waals surface area contributed by atoms with Gasteiger partial charge in [0.15, 0.2) is 0 Å². The molecule has 0 aliphatic heterocycles. The highest BCUT2D eigenvalue weighted by molar-refractivity contribution is 14.1. The number of rotatable bonds is 7. The van der Waals surface area contributed by atoms with E-state index in [2.05, 4.69) is 27.9 Å². The summed E-state index contributed by atoms with van der Waals surface area (Å²) in [6, 6.07) is 20.8. The standard InChI is InChI=1S/C29H21IN2O6/c1-32-22-15-23(33)21(29(36)37)14-20(22)26(30)27(32)18-7-2-5-16(11-18)12-24(34)28(35)31-19-8-3-6-17(13-19)25-9-4-10-38-25/h2-11,13-15,33H,12H2,1H3,(H,31,35)(H,36,37). The van der Waals surface area contributed by atoms with Crippen LogP contribution in [0.3, 0.4) is 0 Å². The van der Waals surface area contributed by atoms with Gasteiger partial charge >= 0.3 is 5.97 Å². The molecule has 0 fully saturated rings. The lowest BCUT2D eigenvalue weighted by Crippen LogP contribution is -2.24. The Hall–Kier alpha value is -4.38. The minimum atomic E-state index is -1.21. The fraction of sp³-hybridized carbons (Fsp3) is 0.0690. The molecule has 190 valence electrons. The molecule has 0 atom stereocenters. The van der Waals surface area contributed by atoms with E-state index >= 15 is 0 Å². The van der Waals surface area contributed by atoms with Crippen molar-refractivity contribution in [3.8, 4) is 28.3 Å². The van der Waals surface area contributed by atoms with Gasteiger partial charge in [0, 0.05) is 39.7 Å². The predicted octanol–water partition coefficient (Wildman–Crippen LogP) is 5.86. The number of carboxylic acid groups (broad SMARTS) is 1. The fourth-order valence-electron chi connectivity index (χ4n) is 4.41. The average Bonchev–Trinajstić information content (AvgIpc) is 3.51. The summed E-state index contributed by atoms with van der Waals surface area (Å²) in [4.78, 5) is 36.9. The van der Waals surface area contributed by atoms with E-state index in [1.165, 1.54) is 12.1 Å². The van der Waals surface area contributed by atoms with Gasteiger partial charge in [0.1, 0.15) is 17.1 Å². The normalized spacial score (nSPS) is 11.0. The van der Waals surface area contributed by atoms with Crippen molar-refractivity contribution in [3.05, 3.63) is 93.8 Å². The first-order chi connectivity index (χ1) is 18.2. The van der Waals surface area contributed by atoms with Crippen LogP contribution in [0.25, 0.3) is 33.5 Å². The van der Waals surface area contributed by atoms with Gasteiger partial charge in [-0.1, -0.05) is 30.3 Å². The Balaban J connectivity index is 1.38. The van der Waals surface area contributed by atoms with Crippen LogP contribution < -0.4 is 5.32 Å². The molecule has 8 nitrogen and oxygen atoms in total. The number of aromatic carboxylic acids is 1. The second-order valence-electron chi connectivity index (χ2n) is 8.73. The van der Waals surface area contributed by atoms with Crippen molar-refractivity contribution in [2.75, 3.05) is 5.32 Å². The van der Waals surface area contributed by atoms with Crippen molar-refractivity contribution in [1.82, 2.24) is 4.57 Å². The van der Waals surface area contributed by atoms with Gasteiger partial charge in [0.05, 0.1) is 17.5 Å². The predicted molar refractivity (Wildman–Crippen MR) is 151 cm³/mol. The monoisotopic (exact) mass is 620 g/mol. The number of aromatic hydroxyl groups is 1. The molecule has 0 radical (unpaired) electrons. The Morgan fingerprint density at radius 3 is 2.47 bits per heavy atom. The van der Waals surface area contributed by atoms with Crippen LogP contribution in [0.4, 0.5) is 5.69 Å². The van der Waals surface area contributed by atoms with Crippen LogP contribution in [0, 0.1) is 3.57 Å². The van der Waals surface area contributed by atoms with Gasteiger partial charge in [0.2, 0.25) is 5.78 Å². The van der Waals surface area contributed by atoms with Crippen LogP contribution >= 0.6 is 22.6 Å². The maximum absolute atomic E-state index is 12.8. The van der Waals surface area contributed by atoms with E-state index in [1.54, 1.807) is 42.7 Å². The average molecular weight is 620 g/mol. The molecule has 38 heavy (non-hydrogen) atoms. The van der Waals surface area contributed by atoms with Crippen LogP contribution in [-0.4, -0.2) is 32.4 Å². The smallest absolute Gasteiger partial charge is 0.339 e. The van der Waals surface area contributed by atoms with E-state index in [4.69, 9.17) is 4.42 Å². The summed E-state index contributed by atoms with van der Waals surface area (Å²) >= 11 is 2.15. The number of ketones is 1. The number of furan rings is 1. The fourth-order valence-corrected chi connectivity index (χ4v) is 5.51. The zero-order valence-corrected chi connectivity index (χ0v) is 22.2. The van der Waals surface area contributed by atoms with E-state index in [0.717, 1.165) is 20.4 Å². The number of hydrogen-bond donors (Lipinski definition) is 3. The number of phenols is 1. The summed E-state index contributed by atoms with van der Waals surface area (Å²) in [5, 5.41) is 22.9. The van der Waals surface area contributed by atoms with Crippen LogP contribution in [0.1, 0.15) is 15.9 Å². The molecular formula is C29H21IN2O6. The molecule has 0 unspecified atom stereocenters. The van der Waals surface area contributed by atoms with Crippen molar-refractivity contribution in [2.24, 2.45) is 7.05 Å². The molecule has 0 saturated carbocycles. The molecule has 0 aliphatic carbocycles. The van der Waals surface area contributed by atoms with E-state index < -0.39 is 17.7 Å². The van der Waals surface area contributed by atoms with Crippen molar-refractivity contribution >= 4 is 56.8 Å². The second-order valence-corrected chi connectivity index (χ2v) is 9.80. The Morgan fingerprint density at radius 1 is 0.974 bits per heavy atom. The second kappa shape index (κ2) is 10.2. The minimum absolute atomic E-state index is 0.0952. The quantitative estimate of drug-likeness (QED) is 0.155. The molecule has 0 bridgehead atoms. The summed E-state index contributed by atoms with van der Waals surface area (Å²) in [5.41, 5.74) is 4.01. The third-order valence-electron chi connectivity index (χ3n) is 6.23. The summed E-state index contributed by atoms with van der Waals surface area (Å²) in [5.74, 6) is -2.18. The van der Waals surface area contributed by atoms with Crippen LogP contribution in [-0.2, 0) is 23.1 Å². The van der Waals surface area contributed by atoms with Crippen LogP contribution in [0.5, 0.6) is 5.75 Å². The van der Waals surface area contributed by atoms with Crippen LogP contribution in [0.15, 0.2) is 83.5 Å². The number of amides is 1. The number of hydrogen-bond acceptors (Lipinski definition) is 5. The van der Waals surface area contributed by atoms with Gasteiger partial charge in [-0.15, -0.1) is 0 Å². The molecule has 3 aromatic carbocycles. The summed E-state index contributed by atoms with van der Waals surface area (Å²) in [6.07, 6.45) is 1.47. The number of anilines is 1. The largest absolute Gasteiger partial charge is 0.507 e. The first-order valence-electron chi connectivity index (χ1n) is 11.5. The molecule has 0 spiro atoms. The van der Waals surface area contributed by atoms with Crippen molar-refractivity contribution in [2.45, 2.75) is 6.42 Å². The molecule has 0 saturated heterocycles. The van der Waals surface area contributed by atoms with E-state index in [1.807, 2.05) is 35.9 Å². The third kappa shape index (κ3) is 4.80. The van der Waals surface area contributed by atoms with Gasteiger partial charge in [-0.2, -0.15) is 0 Å². The Labute approximate surface area is 230 Å². The maximum atomic E-state index is 12.8. The van der Waals surface area contributed by atoms with Gasteiger partial charge in [0.25, 0.3) is 5.91 Å². The van der Waals surface area contributed by atoms with Gasteiger partial charge in [-0.3, -0.25) is 9.59 Å². The van der Waals surface area contributed by atoms with Crippen molar-refractivity contribution in [1.29, 1.82) is 0 Å². The first kappa shape index (κ1) is 25.3. The summed E-state index contributed by atoms with van der Waals surface area (Å²) in [6.45, 7) is 0. The van der Waals surface area contributed by atoms with Crippen molar-refractivity contribution < 1.29 is 29.0 Å². The SMILES string of the molecule is Cn1c(-c2cccc(CC(=O)C(=O)Nc3cccc(-c4ccco4)c3)c2)c(I)c2cc(C(=O)O)c(O)cc21. The van der Waals surface area contributed by atoms with Crippen LogP contribution in [0.2, 0.25) is 0 Å². The summed E-state index contributed by atoms with van der Waals surface area (Å²) in [7, 11) is 1.82. The molecule has 2 heterocycles. The van der Waals surface area contributed by atoms with E-state index in [0.29, 0.717) is 27.9 Å². The van der Waals surface area contributed by atoms with Gasteiger partial charge in [-0.05, 0) is 70.1 Å². The number of Topliss-reactive ketones (excluding diaryl/α,β-unsaturated/α-hetero) is 1. The molecule has 5 rings (SSSR count). The Kier molecular flexibility index (Phi) is 6.77. The third-order valence-corrected chi connectivity index (χ3v) is 7.32. The number of carbonyl (C=O) groups is 3. The number of carbonyl (C=O) groups excluding carboxylic acids is 2. The number of nitrogens with zero attached hydrogens (tertiary/aromatic N) is 1. The molecule has 2 aromatic heterocycles. The van der Waals surface area contributed by atoms with E-state index in [-0.39, 0.29) is 17.7 Å². The highest BCUT2D eigenvalue weighted by atomic mass is 127. The first-order valence-corrected chi connectivity index (χ1v) is 12.6. The molecule has 3 N–H and O–H groups in total. The Bertz CT molecular complexity index is 1720. The Morgan fingerprint density at radius 2 is 1.74 bits per heavy atom. The lowest BCUT2D eigenvalue weighted by molar-refractivity contribution is -0.134. The highest BCUT2D eigenvalue weighted by Crippen LogP contribution is 2.37. The molecular weight excluding hydrogens is 599 g/mol. The molecule has 5 aromatic rings. The number of fused-ring (bicyclic) bond motifs is 1. The lowest BCUT2D eigenvalue weighted by Gasteiger charge is -2.09. The topological polar surface area (TPSA) is 122 Å². The number of nitrogens with one attached hydrogen (secondary N) is 1. The highest BCUT2D eigenvalue weighted by Gasteiger charge is 2.21. The van der Waals surface area contributed by atoms with E-state index in [9.17, 15) is 24.6 Å². The zero-order valence-electron chi connectivity index (χ0n) is 20.1.